The highest BCUT2D eigenvalue weighted by Gasteiger charge is 2.28. The molecule has 1 fully saturated rings. The van der Waals surface area contributed by atoms with Crippen LogP contribution in [0.15, 0.2) is 97.1 Å². The largest absolute Gasteiger partial charge is 0.353 e. The van der Waals surface area contributed by atoms with Gasteiger partial charge in [-0.1, -0.05) is 78.3 Å². The fourth-order valence-corrected chi connectivity index (χ4v) is 5.15. The van der Waals surface area contributed by atoms with Crippen molar-refractivity contribution >= 4 is 35.0 Å². The Morgan fingerprint density at radius 1 is 0.878 bits per heavy atom. The maximum Gasteiger partial charge on any atom is 0.322 e. The molecule has 1 unspecified atom stereocenters. The molecule has 0 aliphatic carbocycles. The summed E-state index contributed by atoms with van der Waals surface area (Å²) >= 11 is 6.12. The fourth-order valence-electron chi connectivity index (χ4n) is 4.96. The Morgan fingerprint density at radius 3 is 2.34 bits per heavy atom. The Balaban J connectivity index is 1.26. The van der Waals surface area contributed by atoms with E-state index in [-0.39, 0.29) is 24.5 Å². The zero-order chi connectivity index (χ0) is 28.6. The van der Waals surface area contributed by atoms with Crippen molar-refractivity contribution in [2.45, 2.75) is 19.4 Å². The van der Waals surface area contributed by atoms with E-state index in [9.17, 15) is 9.59 Å². The summed E-state index contributed by atoms with van der Waals surface area (Å²) in [6, 6.07) is 29.9. The number of hydrogen-bond acceptors (Lipinski definition) is 5. The number of carbonyl (C=O) groups is 2. The van der Waals surface area contributed by atoms with Crippen LogP contribution in [0.5, 0.6) is 0 Å². The Hall–Kier alpha value is -4.43. The molecule has 2 heterocycles. The number of carbonyl (C=O) groups excluding carboxylic acids is 2. The third-order valence-corrected chi connectivity index (χ3v) is 7.52. The van der Waals surface area contributed by atoms with Gasteiger partial charge in [-0.15, -0.1) is 10.2 Å². The Morgan fingerprint density at radius 2 is 1.63 bits per heavy atom. The molecule has 0 saturated carbocycles. The highest BCUT2D eigenvalue weighted by atomic mass is 35.5. The minimum Gasteiger partial charge on any atom is -0.353 e. The Labute approximate surface area is 245 Å². The SMILES string of the molecule is CC(c1ccccc1)N(CC(=O)N1CCCN(c2ccc(-c3ccccc3)nn2)CC1)C(=O)Nc1cccc(Cl)c1. The standard InChI is InChI=1S/C32H33ClN6O2/c1-24(25-10-4-2-5-11-25)39(32(41)34-28-15-8-14-27(33)22-28)23-31(40)38-19-9-18-37(20-21-38)30-17-16-29(35-36-30)26-12-6-3-7-13-26/h2-8,10-17,22,24H,9,18-21,23H2,1H3,(H,34,41). The van der Waals surface area contributed by atoms with Crippen LogP contribution in [-0.4, -0.2) is 64.7 Å². The molecule has 41 heavy (non-hydrogen) atoms. The number of benzene rings is 3. The van der Waals surface area contributed by atoms with Gasteiger partial charge in [0.25, 0.3) is 0 Å². The van der Waals surface area contributed by atoms with E-state index in [0.717, 1.165) is 35.6 Å². The first-order chi connectivity index (χ1) is 20.0. The second-order valence-electron chi connectivity index (χ2n) is 10.0. The molecular weight excluding hydrogens is 536 g/mol. The van der Waals surface area contributed by atoms with Crippen LogP contribution in [0.4, 0.5) is 16.3 Å². The van der Waals surface area contributed by atoms with Gasteiger partial charge in [-0.2, -0.15) is 0 Å². The average molecular weight is 569 g/mol. The van der Waals surface area contributed by atoms with Gasteiger partial charge in [0.2, 0.25) is 5.91 Å². The lowest BCUT2D eigenvalue weighted by atomic mass is 10.1. The van der Waals surface area contributed by atoms with E-state index in [1.165, 1.54) is 0 Å². The summed E-state index contributed by atoms with van der Waals surface area (Å²) in [5.41, 5.74) is 3.36. The van der Waals surface area contributed by atoms with Crippen LogP contribution in [0.2, 0.25) is 5.02 Å². The van der Waals surface area contributed by atoms with Gasteiger partial charge in [0.1, 0.15) is 6.54 Å². The maximum absolute atomic E-state index is 13.6. The van der Waals surface area contributed by atoms with Crippen molar-refractivity contribution in [2.24, 2.45) is 0 Å². The lowest BCUT2D eigenvalue weighted by Crippen LogP contribution is -2.46. The van der Waals surface area contributed by atoms with E-state index in [0.29, 0.717) is 30.3 Å². The quantitative estimate of drug-likeness (QED) is 0.290. The smallest absolute Gasteiger partial charge is 0.322 e. The van der Waals surface area contributed by atoms with Crippen molar-refractivity contribution in [2.75, 3.05) is 42.9 Å². The van der Waals surface area contributed by atoms with Crippen molar-refractivity contribution < 1.29 is 9.59 Å². The summed E-state index contributed by atoms with van der Waals surface area (Å²) in [6.07, 6.45) is 0.788. The second kappa shape index (κ2) is 13.3. The van der Waals surface area contributed by atoms with E-state index in [2.05, 4.69) is 20.4 Å². The van der Waals surface area contributed by atoms with Crippen LogP contribution in [0.3, 0.4) is 0 Å². The number of anilines is 2. The van der Waals surface area contributed by atoms with Crippen molar-refractivity contribution in [1.29, 1.82) is 0 Å². The number of halogens is 1. The van der Waals surface area contributed by atoms with Crippen LogP contribution in [0.25, 0.3) is 11.3 Å². The van der Waals surface area contributed by atoms with E-state index >= 15 is 0 Å². The normalized spacial score (nSPS) is 14.2. The minimum atomic E-state index is -0.359. The molecule has 0 spiro atoms. The zero-order valence-corrected chi connectivity index (χ0v) is 23.7. The molecule has 210 valence electrons. The molecule has 1 aliphatic rings. The summed E-state index contributed by atoms with van der Waals surface area (Å²) in [5, 5.41) is 12.3. The third-order valence-electron chi connectivity index (χ3n) is 7.28. The predicted molar refractivity (Wildman–Crippen MR) is 163 cm³/mol. The van der Waals surface area contributed by atoms with Gasteiger partial charge >= 0.3 is 6.03 Å². The highest BCUT2D eigenvalue weighted by Crippen LogP contribution is 2.23. The number of aromatic nitrogens is 2. The summed E-state index contributed by atoms with van der Waals surface area (Å²) in [7, 11) is 0. The maximum atomic E-state index is 13.6. The molecule has 4 aromatic rings. The molecule has 9 heteroatoms. The third kappa shape index (κ3) is 7.21. The molecule has 3 amide bonds. The monoisotopic (exact) mass is 568 g/mol. The Kier molecular flexibility index (Phi) is 9.11. The summed E-state index contributed by atoms with van der Waals surface area (Å²) in [4.78, 5) is 32.6. The first kappa shape index (κ1) is 28.1. The zero-order valence-electron chi connectivity index (χ0n) is 23.0. The molecule has 8 nitrogen and oxygen atoms in total. The van der Waals surface area contributed by atoms with E-state index in [1.54, 1.807) is 29.2 Å². The molecule has 5 rings (SSSR count). The van der Waals surface area contributed by atoms with Gasteiger partial charge in [-0.05, 0) is 49.2 Å². The second-order valence-corrected chi connectivity index (χ2v) is 10.5. The van der Waals surface area contributed by atoms with Gasteiger partial charge in [-0.25, -0.2) is 4.79 Å². The number of nitrogens with one attached hydrogen (secondary N) is 1. The van der Waals surface area contributed by atoms with E-state index in [4.69, 9.17) is 11.6 Å². The number of hydrogen-bond donors (Lipinski definition) is 1. The van der Waals surface area contributed by atoms with Crippen molar-refractivity contribution in [3.63, 3.8) is 0 Å². The van der Waals surface area contributed by atoms with Gasteiger partial charge in [0, 0.05) is 42.5 Å². The molecule has 0 radical (unpaired) electrons. The average Bonchev–Trinajstić information content (AvgIpc) is 3.27. The summed E-state index contributed by atoms with van der Waals surface area (Å²) < 4.78 is 0. The van der Waals surface area contributed by atoms with Gasteiger partial charge in [-0.3, -0.25) is 4.79 Å². The summed E-state index contributed by atoms with van der Waals surface area (Å²) in [5.74, 6) is 0.695. The first-order valence-electron chi connectivity index (χ1n) is 13.8. The van der Waals surface area contributed by atoms with Gasteiger partial charge in [0.05, 0.1) is 11.7 Å². The predicted octanol–water partition coefficient (Wildman–Crippen LogP) is 6.13. The molecule has 1 aromatic heterocycles. The fraction of sp³-hybridized carbons (Fsp3) is 0.250. The topological polar surface area (TPSA) is 81.7 Å². The molecular formula is C32H33ClN6O2. The van der Waals surface area contributed by atoms with Crippen molar-refractivity contribution in [1.82, 2.24) is 20.0 Å². The lowest BCUT2D eigenvalue weighted by Gasteiger charge is -2.31. The van der Waals surface area contributed by atoms with Crippen LogP contribution in [0, 0.1) is 0 Å². The summed E-state index contributed by atoms with van der Waals surface area (Å²) in [6.45, 7) is 4.42. The highest BCUT2D eigenvalue weighted by molar-refractivity contribution is 6.30. The Bertz CT molecular complexity index is 1450. The number of urea groups is 1. The van der Waals surface area contributed by atoms with Crippen LogP contribution < -0.4 is 10.2 Å². The van der Waals surface area contributed by atoms with E-state index in [1.807, 2.05) is 84.6 Å². The number of rotatable bonds is 7. The minimum absolute atomic E-state index is 0.0476. The van der Waals surface area contributed by atoms with Crippen LogP contribution in [-0.2, 0) is 4.79 Å². The lowest BCUT2D eigenvalue weighted by molar-refractivity contribution is -0.131. The van der Waals surface area contributed by atoms with Crippen LogP contribution >= 0.6 is 11.6 Å². The molecule has 0 bridgehead atoms. The van der Waals surface area contributed by atoms with E-state index < -0.39 is 0 Å². The first-order valence-corrected chi connectivity index (χ1v) is 14.2. The number of amides is 3. The van der Waals surface area contributed by atoms with Crippen molar-refractivity contribution in [3.8, 4) is 11.3 Å². The molecule has 1 aliphatic heterocycles. The molecule has 1 saturated heterocycles. The number of nitrogens with zero attached hydrogens (tertiary/aromatic N) is 5. The van der Waals surface area contributed by atoms with Gasteiger partial charge < -0.3 is 20.0 Å². The van der Waals surface area contributed by atoms with Crippen molar-refractivity contribution in [3.05, 3.63) is 108 Å². The van der Waals surface area contributed by atoms with Gasteiger partial charge in [0.15, 0.2) is 5.82 Å². The molecule has 3 aromatic carbocycles. The molecule has 1 N–H and O–H groups in total. The van der Waals surface area contributed by atoms with Crippen LogP contribution in [0.1, 0.15) is 24.9 Å². The molecule has 1 atom stereocenters.